The van der Waals surface area contributed by atoms with E-state index in [1.165, 1.54) is 103 Å². The molecule has 0 aliphatic rings. The molecule has 0 amide bonds. The van der Waals surface area contributed by atoms with Crippen LogP contribution in [-0.2, 0) is 9.53 Å². The molecule has 0 aliphatic carbocycles. The molecular formula is C23H45NO2. The fourth-order valence-corrected chi connectivity index (χ4v) is 3.43. The Balaban J connectivity index is 3.32. The van der Waals surface area contributed by atoms with Gasteiger partial charge in [-0.1, -0.05) is 103 Å². The van der Waals surface area contributed by atoms with Crippen LogP contribution in [0.25, 0.3) is 0 Å². The minimum absolute atomic E-state index is 0.272. The van der Waals surface area contributed by atoms with E-state index < -0.39 is 0 Å². The molecule has 0 aromatic heterocycles. The van der Waals surface area contributed by atoms with Gasteiger partial charge in [0.1, 0.15) is 0 Å². The summed E-state index contributed by atoms with van der Waals surface area (Å²) in [5.41, 5.74) is 7.00. The minimum atomic E-state index is -0.272. The summed E-state index contributed by atoms with van der Waals surface area (Å²) in [6, 6.07) is 0. The van der Waals surface area contributed by atoms with Gasteiger partial charge in [0.25, 0.3) is 0 Å². The van der Waals surface area contributed by atoms with Crippen molar-refractivity contribution < 1.29 is 9.53 Å². The Hall–Kier alpha value is -0.990. The fraction of sp³-hybridized carbons (Fsp3) is 0.870. The Morgan fingerprint density at radius 3 is 1.35 bits per heavy atom. The predicted octanol–water partition coefficient (Wildman–Crippen LogP) is 7.04. The second-order valence-electron chi connectivity index (χ2n) is 7.71. The van der Waals surface area contributed by atoms with Crippen LogP contribution in [0.1, 0.15) is 123 Å². The van der Waals surface area contributed by atoms with E-state index in [2.05, 4.69) is 6.92 Å². The molecule has 0 aromatic rings. The lowest BCUT2D eigenvalue weighted by molar-refractivity contribution is -0.136. The quantitative estimate of drug-likeness (QED) is 0.160. The van der Waals surface area contributed by atoms with Crippen LogP contribution in [0.4, 0.5) is 0 Å². The van der Waals surface area contributed by atoms with E-state index in [0.717, 1.165) is 12.8 Å². The minimum Gasteiger partial charge on any atom is -0.466 e. The molecule has 2 N–H and O–H groups in total. The van der Waals surface area contributed by atoms with Gasteiger partial charge in [-0.05, 0) is 19.8 Å². The molecular weight excluding hydrogens is 322 g/mol. The van der Waals surface area contributed by atoms with Gasteiger partial charge in [0, 0.05) is 5.70 Å². The lowest BCUT2D eigenvalue weighted by Crippen LogP contribution is -2.11. The van der Waals surface area contributed by atoms with Crippen molar-refractivity contribution in [1.29, 1.82) is 0 Å². The van der Waals surface area contributed by atoms with E-state index >= 15 is 0 Å². The number of carbonyl (C=O) groups excluding carboxylic acids is 1. The average molecular weight is 368 g/mol. The maximum atomic E-state index is 11.6. The Morgan fingerprint density at radius 1 is 0.692 bits per heavy atom. The van der Waals surface area contributed by atoms with Gasteiger partial charge < -0.3 is 10.5 Å². The maximum absolute atomic E-state index is 11.6. The van der Waals surface area contributed by atoms with Crippen LogP contribution in [-0.4, -0.2) is 13.1 Å². The third-order valence-corrected chi connectivity index (χ3v) is 5.19. The summed E-state index contributed by atoms with van der Waals surface area (Å²) >= 11 is 0. The van der Waals surface area contributed by atoms with Crippen LogP contribution in [0, 0.1) is 0 Å². The molecule has 0 atom stereocenters. The molecule has 0 aliphatic heterocycles. The van der Waals surface area contributed by atoms with E-state index in [0.29, 0.717) is 11.3 Å². The summed E-state index contributed by atoms with van der Waals surface area (Å²) in [5, 5.41) is 0. The zero-order valence-electron chi connectivity index (χ0n) is 17.9. The van der Waals surface area contributed by atoms with Gasteiger partial charge in [-0.25, -0.2) is 4.79 Å². The third kappa shape index (κ3) is 15.3. The molecule has 0 bridgehead atoms. The first kappa shape index (κ1) is 25.0. The first-order valence-corrected chi connectivity index (χ1v) is 11.2. The Bertz CT molecular complexity index is 359. The SMILES string of the molecule is CCCCCCCCCCCCCCCCCCC(C(=O)OC)=C(C)N. The highest BCUT2D eigenvalue weighted by atomic mass is 16.5. The number of nitrogens with two attached hydrogens (primary N) is 1. The molecule has 0 spiro atoms. The number of ether oxygens (including phenoxy) is 1. The maximum Gasteiger partial charge on any atom is 0.335 e. The lowest BCUT2D eigenvalue weighted by atomic mass is 10.0. The van der Waals surface area contributed by atoms with Crippen LogP contribution < -0.4 is 5.73 Å². The third-order valence-electron chi connectivity index (χ3n) is 5.19. The molecule has 0 saturated carbocycles. The first-order valence-electron chi connectivity index (χ1n) is 11.2. The van der Waals surface area contributed by atoms with Crippen molar-refractivity contribution in [2.24, 2.45) is 5.73 Å². The van der Waals surface area contributed by atoms with Gasteiger partial charge in [0.05, 0.1) is 12.7 Å². The van der Waals surface area contributed by atoms with Crippen LogP contribution in [0.5, 0.6) is 0 Å². The molecule has 3 heteroatoms. The summed E-state index contributed by atoms with van der Waals surface area (Å²) in [7, 11) is 1.42. The summed E-state index contributed by atoms with van der Waals surface area (Å²) in [4.78, 5) is 11.6. The van der Waals surface area contributed by atoms with Gasteiger partial charge in [-0.2, -0.15) is 0 Å². The van der Waals surface area contributed by atoms with E-state index in [9.17, 15) is 4.79 Å². The van der Waals surface area contributed by atoms with Gasteiger partial charge in [-0.3, -0.25) is 0 Å². The van der Waals surface area contributed by atoms with Gasteiger partial charge in [0.15, 0.2) is 0 Å². The van der Waals surface area contributed by atoms with Crippen molar-refractivity contribution in [2.75, 3.05) is 7.11 Å². The smallest absolute Gasteiger partial charge is 0.335 e. The molecule has 0 aromatic carbocycles. The average Bonchev–Trinajstić information content (AvgIpc) is 2.63. The largest absolute Gasteiger partial charge is 0.466 e. The molecule has 154 valence electrons. The van der Waals surface area contributed by atoms with Crippen molar-refractivity contribution in [3.05, 3.63) is 11.3 Å². The van der Waals surface area contributed by atoms with E-state index in [1.54, 1.807) is 6.92 Å². The van der Waals surface area contributed by atoms with Crippen molar-refractivity contribution in [1.82, 2.24) is 0 Å². The standard InChI is InChI=1S/C23H45NO2/c1-4-5-6-7-8-9-10-11-12-13-14-15-16-17-18-19-20-22(21(2)24)23(25)26-3/h4-20,24H2,1-3H3. The van der Waals surface area contributed by atoms with Crippen LogP contribution in [0.15, 0.2) is 11.3 Å². The number of allylic oxidation sites excluding steroid dienone is 1. The summed E-state index contributed by atoms with van der Waals surface area (Å²) in [6.07, 6.45) is 22.4. The zero-order valence-corrected chi connectivity index (χ0v) is 17.9. The Labute approximate surface area is 163 Å². The summed E-state index contributed by atoms with van der Waals surface area (Å²) in [5.74, 6) is -0.272. The number of methoxy groups -OCH3 is 1. The predicted molar refractivity (Wildman–Crippen MR) is 113 cm³/mol. The zero-order chi connectivity index (χ0) is 19.5. The highest BCUT2D eigenvalue weighted by Gasteiger charge is 2.11. The normalized spacial score (nSPS) is 12.1. The van der Waals surface area contributed by atoms with Crippen LogP contribution in [0.2, 0.25) is 0 Å². The van der Waals surface area contributed by atoms with Crippen molar-refractivity contribution in [3.63, 3.8) is 0 Å². The van der Waals surface area contributed by atoms with E-state index in [1.807, 2.05) is 0 Å². The molecule has 0 saturated heterocycles. The number of esters is 1. The molecule has 0 radical (unpaired) electrons. The molecule has 0 unspecified atom stereocenters. The number of hydrogen-bond acceptors (Lipinski definition) is 3. The highest BCUT2D eigenvalue weighted by molar-refractivity contribution is 5.88. The van der Waals surface area contributed by atoms with Crippen molar-refractivity contribution in [2.45, 2.75) is 123 Å². The fourth-order valence-electron chi connectivity index (χ4n) is 3.43. The second-order valence-corrected chi connectivity index (χ2v) is 7.71. The van der Waals surface area contributed by atoms with Gasteiger partial charge >= 0.3 is 5.97 Å². The number of hydrogen-bond donors (Lipinski definition) is 1. The van der Waals surface area contributed by atoms with Gasteiger partial charge in [0.2, 0.25) is 0 Å². The molecule has 0 fully saturated rings. The van der Waals surface area contributed by atoms with Crippen molar-refractivity contribution >= 4 is 5.97 Å². The molecule has 26 heavy (non-hydrogen) atoms. The highest BCUT2D eigenvalue weighted by Crippen LogP contribution is 2.16. The molecule has 0 rings (SSSR count). The second kappa shape index (κ2) is 18.8. The number of unbranched alkanes of at least 4 members (excludes halogenated alkanes) is 15. The summed E-state index contributed by atoms with van der Waals surface area (Å²) < 4.78 is 4.78. The Morgan fingerprint density at radius 2 is 1.04 bits per heavy atom. The Kier molecular flexibility index (Phi) is 18.1. The van der Waals surface area contributed by atoms with Crippen molar-refractivity contribution in [3.8, 4) is 0 Å². The number of carbonyl (C=O) groups is 1. The van der Waals surface area contributed by atoms with Crippen LogP contribution >= 0.6 is 0 Å². The topological polar surface area (TPSA) is 52.3 Å². The van der Waals surface area contributed by atoms with Gasteiger partial charge in [-0.15, -0.1) is 0 Å². The van der Waals surface area contributed by atoms with E-state index in [4.69, 9.17) is 10.5 Å². The molecule has 3 nitrogen and oxygen atoms in total. The molecule has 0 heterocycles. The monoisotopic (exact) mass is 367 g/mol. The number of rotatable bonds is 18. The summed E-state index contributed by atoms with van der Waals surface area (Å²) in [6.45, 7) is 4.06. The van der Waals surface area contributed by atoms with E-state index in [-0.39, 0.29) is 5.97 Å². The van der Waals surface area contributed by atoms with Crippen LogP contribution in [0.3, 0.4) is 0 Å². The lowest BCUT2D eigenvalue weighted by Gasteiger charge is -2.07. The first-order chi connectivity index (χ1) is 12.6.